The first-order valence-corrected chi connectivity index (χ1v) is 5.85. The maximum Gasteiger partial charge on any atom is 0.120 e. The van der Waals surface area contributed by atoms with Crippen LogP contribution in [0.15, 0.2) is 12.7 Å². The van der Waals surface area contributed by atoms with Crippen molar-refractivity contribution in [1.82, 2.24) is 0 Å². The highest BCUT2D eigenvalue weighted by Crippen LogP contribution is 2.13. The van der Waals surface area contributed by atoms with E-state index in [1.165, 1.54) is 38.5 Å². The van der Waals surface area contributed by atoms with Gasteiger partial charge in [0, 0.05) is 6.42 Å². The molecule has 0 bridgehead atoms. The summed E-state index contributed by atoms with van der Waals surface area (Å²) in [6.45, 7) is 5.86. The van der Waals surface area contributed by atoms with E-state index in [0.29, 0.717) is 5.92 Å². The van der Waals surface area contributed by atoms with Gasteiger partial charge in [-0.1, -0.05) is 45.1 Å². The molecule has 0 aliphatic rings. The van der Waals surface area contributed by atoms with E-state index >= 15 is 0 Å². The predicted octanol–water partition coefficient (Wildman–Crippen LogP) is 4.13. The number of carbonyl (C=O) groups is 1. The van der Waals surface area contributed by atoms with Crippen molar-refractivity contribution in [1.29, 1.82) is 0 Å². The van der Waals surface area contributed by atoms with Crippen molar-refractivity contribution in [2.45, 2.75) is 58.3 Å². The number of rotatable bonds is 10. The molecule has 0 rings (SSSR count). The minimum Gasteiger partial charge on any atom is -0.303 e. The Morgan fingerprint density at radius 3 is 2.43 bits per heavy atom. The molecule has 0 fully saturated rings. The Labute approximate surface area is 88.6 Å². The van der Waals surface area contributed by atoms with Gasteiger partial charge in [0.05, 0.1) is 0 Å². The van der Waals surface area contributed by atoms with E-state index < -0.39 is 0 Å². The summed E-state index contributed by atoms with van der Waals surface area (Å²) >= 11 is 0. The number of unbranched alkanes of at least 4 members (excludes halogenated alkanes) is 5. The summed E-state index contributed by atoms with van der Waals surface area (Å²) in [6, 6.07) is 0. The lowest BCUT2D eigenvalue weighted by atomic mass is 10.00. The Hall–Kier alpha value is -0.590. The first kappa shape index (κ1) is 13.4. The highest BCUT2D eigenvalue weighted by molar-refractivity contribution is 5.49. The van der Waals surface area contributed by atoms with Gasteiger partial charge in [-0.3, -0.25) is 0 Å². The third kappa shape index (κ3) is 9.50. The first-order valence-electron chi connectivity index (χ1n) is 5.85. The van der Waals surface area contributed by atoms with E-state index in [0.717, 1.165) is 19.1 Å². The van der Waals surface area contributed by atoms with Crippen molar-refractivity contribution in [3.05, 3.63) is 12.7 Å². The molecule has 1 atom stereocenters. The quantitative estimate of drug-likeness (QED) is 0.292. The molecule has 0 aromatic carbocycles. The molecule has 0 spiro atoms. The Morgan fingerprint density at radius 1 is 1.14 bits per heavy atom. The van der Waals surface area contributed by atoms with E-state index in [-0.39, 0.29) is 0 Å². The SMILES string of the molecule is C=CCCCCCCCC(C)CC=O. The van der Waals surface area contributed by atoms with Gasteiger partial charge < -0.3 is 4.79 Å². The van der Waals surface area contributed by atoms with Gasteiger partial charge in [-0.05, 0) is 18.8 Å². The zero-order valence-corrected chi connectivity index (χ0v) is 9.50. The second-order valence-electron chi connectivity index (χ2n) is 4.14. The van der Waals surface area contributed by atoms with Gasteiger partial charge in [-0.25, -0.2) is 0 Å². The average molecular weight is 196 g/mol. The molecule has 0 aliphatic carbocycles. The Morgan fingerprint density at radius 2 is 1.79 bits per heavy atom. The molecular formula is C13H24O. The van der Waals surface area contributed by atoms with Crippen LogP contribution in [0.3, 0.4) is 0 Å². The van der Waals surface area contributed by atoms with E-state index in [1.54, 1.807) is 0 Å². The lowest BCUT2D eigenvalue weighted by Crippen LogP contribution is -1.95. The van der Waals surface area contributed by atoms with Crippen LogP contribution in [0.4, 0.5) is 0 Å². The zero-order valence-electron chi connectivity index (χ0n) is 9.50. The topological polar surface area (TPSA) is 17.1 Å². The second kappa shape index (κ2) is 10.5. The van der Waals surface area contributed by atoms with Gasteiger partial charge in [-0.15, -0.1) is 6.58 Å². The number of aldehydes is 1. The van der Waals surface area contributed by atoms with Crippen LogP contribution < -0.4 is 0 Å². The summed E-state index contributed by atoms with van der Waals surface area (Å²) < 4.78 is 0. The first-order chi connectivity index (χ1) is 6.81. The molecular weight excluding hydrogens is 172 g/mol. The minimum atomic E-state index is 0.584. The van der Waals surface area contributed by atoms with Crippen LogP contribution in [-0.2, 0) is 4.79 Å². The van der Waals surface area contributed by atoms with Crippen LogP contribution in [-0.4, -0.2) is 6.29 Å². The fraction of sp³-hybridized carbons (Fsp3) is 0.769. The van der Waals surface area contributed by atoms with Crippen LogP contribution in [0.2, 0.25) is 0 Å². The van der Waals surface area contributed by atoms with Crippen LogP contribution in [0.25, 0.3) is 0 Å². The smallest absolute Gasteiger partial charge is 0.120 e. The molecule has 14 heavy (non-hydrogen) atoms. The van der Waals surface area contributed by atoms with Crippen LogP contribution in [0.1, 0.15) is 58.3 Å². The van der Waals surface area contributed by atoms with E-state index in [4.69, 9.17) is 0 Å². The van der Waals surface area contributed by atoms with E-state index in [2.05, 4.69) is 13.5 Å². The van der Waals surface area contributed by atoms with Gasteiger partial charge in [0.2, 0.25) is 0 Å². The number of hydrogen-bond donors (Lipinski definition) is 0. The molecule has 0 saturated carbocycles. The molecule has 1 unspecified atom stereocenters. The highest BCUT2D eigenvalue weighted by Gasteiger charge is 1.99. The summed E-state index contributed by atoms with van der Waals surface area (Å²) in [6.07, 6.45) is 12.7. The minimum absolute atomic E-state index is 0.584. The average Bonchev–Trinajstić information content (AvgIpc) is 2.17. The fourth-order valence-corrected chi connectivity index (χ4v) is 1.59. The van der Waals surface area contributed by atoms with Gasteiger partial charge in [-0.2, -0.15) is 0 Å². The lowest BCUT2D eigenvalue weighted by molar-refractivity contribution is -0.108. The van der Waals surface area contributed by atoms with Crippen molar-refractivity contribution in [2.75, 3.05) is 0 Å². The lowest BCUT2D eigenvalue weighted by Gasteiger charge is -2.06. The summed E-state index contributed by atoms with van der Waals surface area (Å²) in [7, 11) is 0. The normalized spacial score (nSPS) is 12.4. The van der Waals surface area contributed by atoms with E-state index in [1.807, 2.05) is 6.08 Å². The summed E-state index contributed by atoms with van der Waals surface area (Å²) in [5.74, 6) is 0.584. The zero-order chi connectivity index (χ0) is 10.6. The maximum atomic E-state index is 10.2. The molecule has 0 saturated heterocycles. The largest absolute Gasteiger partial charge is 0.303 e. The van der Waals surface area contributed by atoms with Crippen LogP contribution >= 0.6 is 0 Å². The Bertz CT molecular complexity index is 140. The second-order valence-corrected chi connectivity index (χ2v) is 4.14. The highest BCUT2D eigenvalue weighted by atomic mass is 16.1. The molecule has 1 nitrogen and oxygen atoms in total. The molecule has 0 aromatic heterocycles. The molecule has 0 aliphatic heterocycles. The van der Waals surface area contributed by atoms with E-state index in [9.17, 15) is 4.79 Å². The van der Waals surface area contributed by atoms with Crippen molar-refractivity contribution in [3.8, 4) is 0 Å². The molecule has 0 N–H and O–H groups in total. The van der Waals surface area contributed by atoms with Crippen molar-refractivity contribution < 1.29 is 4.79 Å². The van der Waals surface area contributed by atoms with Crippen LogP contribution in [0.5, 0.6) is 0 Å². The third-order valence-corrected chi connectivity index (χ3v) is 2.60. The van der Waals surface area contributed by atoms with Crippen LogP contribution in [0, 0.1) is 5.92 Å². The summed E-state index contributed by atoms with van der Waals surface area (Å²) in [5.41, 5.74) is 0. The number of hydrogen-bond acceptors (Lipinski definition) is 1. The molecule has 0 heterocycles. The van der Waals surface area contributed by atoms with Gasteiger partial charge in [0.15, 0.2) is 0 Å². The predicted molar refractivity (Wildman–Crippen MR) is 62.4 cm³/mol. The summed E-state index contributed by atoms with van der Waals surface area (Å²) in [4.78, 5) is 10.2. The summed E-state index contributed by atoms with van der Waals surface area (Å²) in [5, 5.41) is 0. The van der Waals surface area contributed by atoms with Crippen molar-refractivity contribution in [3.63, 3.8) is 0 Å². The standard InChI is InChI=1S/C13H24O/c1-3-4-5-6-7-8-9-10-13(2)11-12-14/h3,12-13H,1,4-11H2,2H3. The van der Waals surface area contributed by atoms with Crippen molar-refractivity contribution in [2.24, 2.45) is 5.92 Å². The van der Waals surface area contributed by atoms with Gasteiger partial charge >= 0.3 is 0 Å². The molecule has 82 valence electrons. The Balaban J connectivity index is 3.04. The number of carbonyl (C=O) groups excluding carboxylic acids is 1. The molecule has 0 radical (unpaired) electrons. The Kier molecular flexibility index (Phi) is 10.0. The van der Waals surface area contributed by atoms with Crippen molar-refractivity contribution >= 4 is 6.29 Å². The monoisotopic (exact) mass is 196 g/mol. The fourth-order valence-electron chi connectivity index (χ4n) is 1.59. The molecule has 0 aromatic rings. The molecule has 1 heteroatoms. The third-order valence-electron chi connectivity index (χ3n) is 2.60. The maximum absolute atomic E-state index is 10.2. The number of allylic oxidation sites excluding steroid dienone is 1. The van der Waals surface area contributed by atoms with Gasteiger partial charge in [0.25, 0.3) is 0 Å². The molecule has 0 amide bonds. The van der Waals surface area contributed by atoms with Gasteiger partial charge in [0.1, 0.15) is 6.29 Å².